The number of anilines is 1. The Morgan fingerprint density at radius 3 is 2.50 bits per heavy atom. The molecule has 0 saturated heterocycles. The minimum atomic E-state index is -0.953. The summed E-state index contributed by atoms with van der Waals surface area (Å²) in [5, 5.41) is 9.29. The average Bonchev–Trinajstić information content (AvgIpc) is 2.70. The third kappa shape index (κ3) is 2.31. The molecule has 0 bridgehead atoms. The van der Waals surface area contributed by atoms with E-state index in [9.17, 15) is 9.90 Å². The van der Waals surface area contributed by atoms with Gasteiger partial charge in [-0.25, -0.2) is 4.79 Å². The van der Waals surface area contributed by atoms with Gasteiger partial charge in [-0.05, 0) is 42.0 Å². The lowest BCUT2D eigenvalue weighted by Crippen LogP contribution is -2.01. The van der Waals surface area contributed by atoms with Crippen molar-refractivity contribution in [1.29, 1.82) is 0 Å². The number of nitrogen functional groups attached to an aromatic ring is 1. The molecule has 2 aromatic rings. The van der Waals surface area contributed by atoms with Crippen molar-refractivity contribution in [1.82, 2.24) is 0 Å². The minimum absolute atomic E-state index is 0.189. The zero-order valence-corrected chi connectivity index (χ0v) is 13.0. The first-order valence-corrected chi connectivity index (χ1v) is 7.38. The number of carboxylic acid groups (broad SMARTS) is 1. The van der Waals surface area contributed by atoms with Gasteiger partial charge in [0.2, 0.25) is 0 Å². The number of hydrogen-bond acceptors (Lipinski definition) is 3. The molecular formula is C16H19NO2S. The predicted molar refractivity (Wildman–Crippen MR) is 84.7 cm³/mol. The van der Waals surface area contributed by atoms with E-state index in [-0.39, 0.29) is 10.8 Å². The fourth-order valence-corrected chi connectivity index (χ4v) is 3.68. The van der Waals surface area contributed by atoms with E-state index in [0.29, 0.717) is 5.69 Å². The highest BCUT2D eigenvalue weighted by atomic mass is 32.1. The van der Waals surface area contributed by atoms with Crippen LogP contribution in [0.4, 0.5) is 5.69 Å². The average molecular weight is 289 g/mol. The van der Waals surface area contributed by atoms with E-state index < -0.39 is 5.97 Å². The first-order chi connectivity index (χ1) is 9.34. The van der Waals surface area contributed by atoms with E-state index in [4.69, 9.17) is 5.73 Å². The van der Waals surface area contributed by atoms with Crippen LogP contribution in [0.5, 0.6) is 0 Å². The molecule has 106 valence electrons. The first kappa shape index (κ1) is 14.6. The van der Waals surface area contributed by atoms with Gasteiger partial charge in [0.05, 0.1) is 5.69 Å². The summed E-state index contributed by atoms with van der Waals surface area (Å²) in [5.74, 6) is -0.764. The summed E-state index contributed by atoms with van der Waals surface area (Å²) in [6.45, 7) is 8.20. The lowest BCUT2D eigenvalue weighted by Gasteiger charge is -2.12. The molecule has 1 aromatic heterocycles. The number of thiophene rings is 1. The summed E-state index contributed by atoms with van der Waals surface area (Å²) in [6, 6.07) is 6.09. The van der Waals surface area contributed by atoms with Gasteiger partial charge in [-0.15, -0.1) is 11.3 Å². The van der Waals surface area contributed by atoms with E-state index >= 15 is 0 Å². The first-order valence-electron chi connectivity index (χ1n) is 6.56. The van der Waals surface area contributed by atoms with Crippen LogP contribution in [0.1, 0.15) is 46.1 Å². The monoisotopic (exact) mass is 289 g/mol. The lowest BCUT2D eigenvalue weighted by atomic mass is 9.94. The number of rotatable bonds is 3. The number of aryl methyl sites for hydroxylation is 1. The highest BCUT2D eigenvalue weighted by molar-refractivity contribution is 7.18. The molecule has 0 aliphatic rings. The van der Waals surface area contributed by atoms with Crippen molar-refractivity contribution in [3.63, 3.8) is 0 Å². The van der Waals surface area contributed by atoms with Crippen LogP contribution in [0, 0.1) is 13.8 Å². The molecule has 2 rings (SSSR count). The lowest BCUT2D eigenvalue weighted by molar-refractivity contribution is 0.0703. The Hall–Kier alpha value is -1.81. The van der Waals surface area contributed by atoms with Crippen molar-refractivity contribution >= 4 is 23.0 Å². The fourth-order valence-electron chi connectivity index (χ4n) is 2.39. The highest BCUT2D eigenvalue weighted by Crippen LogP contribution is 2.43. The molecule has 0 aliphatic heterocycles. The summed E-state index contributed by atoms with van der Waals surface area (Å²) < 4.78 is 0. The Morgan fingerprint density at radius 1 is 1.30 bits per heavy atom. The number of aromatic carboxylic acids is 1. The van der Waals surface area contributed by atoms with Crippen LogP contribution in [-0.4, -0.2) is 11.1 Å². The second kappa shape index (κ2) is 5.29. The third-order valence-corrected chi connectivity index (χ3v) is 4.85. The van der Waals surface area contributed by atoms with Crippen LogP contribution in [0.25, 0.3) is 10.4 Å². The SMILES string of the molecule is Cc1cccc(-c2sc(C(=O)O)c(N)c2C(C)C)c1C. The summed E-state index contributed by atoms with van der Waals surface area (Å²) in [6.07, 6.45) is 0. The Kier molecular flexibility index (Phi) is 3.86. The second-order valence-electron chi connectivity index (χ2n) is 5.29. The minimum Gasteiger partial charge on any atom is -0.477 e. The van der Waals surface area contributed by atoms with E-state index in [1.54, 1.807) is 0 Å². The van der Waals surface area contributed by atoms with Gasteiger partial charge in [-0.2, -0.15) is 0 Å². The molecule has 0 atom stereocenters. The number of benzene rings is 1. The van der Waals surface area contributed by atoms with Crippen LogP contribution in [0.15, 0.2) is 18.2 Å². The van der Waals surface area contributed by atoms with Crippen molar-refractivity contribution < 1.29 is 9.90 Å². The summed E-state index contributed by atoms with van der Waals surface area (Å²) in [4.78, 5) is 12.5. The third-order valence-electron chi connectivity index (χ3n) is 3.60. The zero-order chi connectivity index (χ0) is 15.0. The van der Waals surface area contributed by atoms with Crippen molar-refractivity contribution in [2.24, 2.45) is 0 Å². The molecule has 0 unspecified atom stereocenters. The van der Waals surface area contributed by atoms with Gasteiger partial charge in [-0.3, -0.25) is 0 Å². The summed E-state index contributed by atoms with van der Waals surface area (Å²) >= 11 is 1.27. The largest absolute Gasteiger partial charge is 0.477 e. The maximum absolute atomic E-state index is 11.3. The van der Waals surface area contributed by atoms with Crippen LogP contribution in [0.2, 0.25) is 0 Å². The number of hydrogen-bond donors (Lipinski definition) is 2. The van der Waals surface area contributed by atoms with Crippen LogP contribution in [0.3, 0.4) is 0 Å². The Morgan fingerprint density at radius 2 is 1.95 bits per heavy atom. The maximum Gasteiger partial charge on any atom is 0.348 e. The summed E-state index contributed by atoms with van der Waals surface area (Å²) in [7, 11) is 0. The Bertz CT molecular complexity index is 671. The molecule has 1 heterocycles. The second-order valence-corrected chi connectivity index (χ2v) is 6.32. The van der Waals surface area contributed by atoms with Gasteiger partial charge in [0.1, 0.15) is 4.88 Å². The smallest absolute Gasteiger partial charge is 0.348 e. The fraction of sp³-hybridized carbons (Fsp3) is 0.312. The van der Waals surface area contributed by atoms with Crippen molar-refractivity contribution in [3.8, 4) is 10.4 Å². The van der Waals surface area contributed by atoms with E-state index in [0.717, 1.165) is 16.0 Å². The van der Waals surface area contributed by atoms with Crippen LogP contribution < -0.4 is 5.73 Å². The molecular weight excluding hydrogens is 270 g/mol. The Labute approximate surface area is 123 Å². The topological polar surface area (TPSA) is 63.3 Å². The molecule has 0 radical (unpaired) electrons. The Balaban J connectivity index is 2.76. The van der Waals surface area contributed by atoms with Crippen molar-refractivity contribution in [2.45, 2.75) is 33.6 Å². The zero-order valence-electron chi connectivity index (χ0n) is 12.2. The van der Waals surface area contributed by atoms with Crippen LogP contribution >= 0.6 is 11.3 Å². The molecule has 0 spiro atoms. The molecule has 3 nitrogen and oxygen atoms in total. The molecule has 1 aromatic carbocycles. The molecule has 0 amide bonds. The predicted octanol–water partition coefficient (Wildman–Crippen LogP) is 4.44. The van der Waals surface area contributed by atoms with Gasteiger partial charge in [-0.1, -0.05) is 32.0 Å². The van der Waals surface area contributed by atoms with Gasteiger partial charge in [0, 0.05) is 4.88 Å². The quantitative estimate of drug-likeness (QED) is 0.878. The standard InChI is InChI=1S/C16H19NO2S/c1-8(2)12-13(17)15(16(18)19)20-14(12)11-7-5-6-9(3)10(11)4/h5-8H,17H2,1-4H3,(H,18,19). The molecule has 3 N–H and O–H groups in total. The number of carbonyl (C=O) groups is 1. The van der Waals surface area contributed by atoms with E-state index in [2.05, 4.69) is 19.9 Å². The van der Waals surface area contributed by atoms with E-state index in [1.165, 1.54) is 22.5 Å². The number of carboxylic acids is 1. The van der Waals surface area contributed by atoms with Gasteiger partial charge in [0.15, 0.2) is 0 Å². The molecule has 0 saturated carbocycles. The number of nitrogens with two attached hydrogens (primary N) is 1. The molecule has 20 heavy (non-hydrogen) atoms. The molecule has 0 aliphatic carbocycles. The van der Waals surface area contributed by atoms with Gasteiger partial charge in [0.25, 0.3) is 0 Å². The van der Waals surface area contributed by atoms with Gasteiger partial charge < -0.3 is 10.8 Å². The maximum atomic E-state index is 11.3. The van der Waals surface area contributed by atoms with Crippen molar-refractivity contribution in [3.05, 3.63) is 39.8 Å². The normalized spacial score (nSPS) is 11.1. The van der Waals surface area contributed by atoms with E-state index in [1.807, 2.05) is 26.0 Å². The van der Waals surface area contributed by atoms with Gasteiger partial charge >= 0.3 is 5.97 Å². The molecule has 4 heteroatoms. The van der Waals surface area contributed by atoms with Crippen molar-refractivity contribution in [2.75, 3.05) is 5.73 Å². The van der Waals surface area contributed by atoms with Crippen LogP contribution in [-0.2, 0) is 0 Å². The highest BCUT2D eigenvalue weighted by Gasteiger charge is 2.24. The summed E-state index contributed by atoms with van der Waals surface area (Å²) in [5.41, 5.74) is 10.9. The molecule has 0 fully saturated rings.